The number of nitrogens with zero attached hydrogens (tertiary/aromatic N) is 1. The number of pyridine rings is 1. The normalized spacial score (nSPS) is 11.5. The number of carbonyl (C=O) groups excluding carboxylic acids is 2. The molecule has 136 valence electrons. The number of rotatable bonds is 5. The van der Waals surface area contributed by atoms with E-state index in [1.807, 2.05) is 48.5 Å². The molecule has 0 bridgehead atoms. The number of hydrogen-bond acceptors (Lipinski definition) is 4. The Kier molecular flexibility index (Phi) is 5.84. The van der Waals surface area contributed by atoms with Gasteiger partial charge in [-0.05, 0) is 30.7 Å². The van der Waals surface area contributed by atoms with Gasteiger partial charge in [0.2, 0.25) is 0 Å². The molecule has 1 amide bonds. The predicted molar refractivity (Wildman–Crippen MR) is 105 cm³/mol. The SMILES string of the molecule is C[C@@H](OC(=O)c1cccnc1Cl)C(=O)Nc1ccccc1-c1ccccc1. The molecule has 0 radical (unpaired) electrons. The summed E-state index contributed by atoms with van der Waals surface area (Å²) in [6, 6.07) is 20.2. The van der Waals surface area contributed by atoms with Crippen molar-refractivity contribution in [3.63, 3.8) is 0 Å². The summed E-state index contributed by atoms with van der Waals surface area (Å²) in [6.07, 6.45) is 0.466. The molecular weight excluding hydrogens is 364 g/mol. The molecule has 0 aliphatic carbocycles. The van der Waals surface area contributed by atoms with Gasteiger partial charge in [0.1, 0.15) is 5.15 Å². The van der Waals surface area contributed by atoms with Crippen LogP contribution in [0.25, 0.3) is 11.1 Å². The van der Waals surface area contributed by atoms with Gasteiger partial charge in [-0.2, -0.15) is 0 Å². The van der Waals surface area contributed by atoms with E-state index >= 15 is 0 Å². The topological polar surface area (TPSA) is 68.3 Å². The summed E-state index contributed by atoms with van der Waals surface area (Å²) >= 11 is 5.89. The lowest BCUT2D eigenvalue weighted by Crippen LogP contribution is -2.30. The summed E-state index contributed by atoms with van der Waals surface area (Å²) in [4.78, 5) is 28.5. The van der Waals surface area contributed by atoms with Crippen LogP contribution in [0.1, 0.15) is 17.3 Å². The first kappa shape index (κ1) is 18.6. The quantitative estimate of drug-likeness (QED) is 0.519. The molecule has 2 aromatic carbocycles. The van der Waals surface area contributed by atoms with E-state index in [2.05, 4.69) is 10.3 Å². The van der Waals surface area contributed by atoms with Crippen LogP contribution in [0.3, 0.4) is 0 Å². The summed E-state index contributed by atoms with van der Waals surface area (Å²) < 4.78 is 5.22. The first-order chi connectivity index (χ1) is 13.1. The molecule has 0 saturated heterocycles. The Morgan fingerprint density at radius 3 is 2.44 bits per heavy atom. The maximum absolute atomic E-state index is 12.5. The highest BCUT2D eigenvalue weighted by Crippen LogP contribution is 2.27. The van der Waals surface area contributed by atoms with E-state index in [9.17, 15) is 9.59 Å². The van der Waals surface area contributed by atoms with Crippen molar-refractivity contribution in [1.29, 1.82) is 0 Å². The fourth-order valence-electron chi connectivity index (χ4n) is 2.51. The molecule has 0 fully saturated rings. The molecule has 3 rings (SSSR count). The van der Waals surface area contributed by atoms with Gasteiger partial charge in [0.15, 0.2) is 6.10 Å². The number of carbonyl (C=O) groups is 2. The Hall–Kier alpha value is -3.18. The molecule has 27 heavy (non-hydrogen) atoms. The molecule has 0 unspecified atom stereocenters. The van der Waals surface area contributed by atoms with Crippen LogP contribution in [-0.4, -0.2) is 23.0 Å². The summed E-state index contributed by atoms with van der Waals surface area (Å²) in [5.41, 5.74) is 2.60. The van der Waals surface area contributed by atoms with Crippen LogP contribution >= 0.6 is 11.6 Å². The molecule has 0 aliphatic heterocycles. The Morgan fingerprint density at radius 1 is 1.00 bits per heavy atom. The molecule has 1 heterocycles. The van der Waals surface area contributed by atoms with Crippen molar-refractivity contribution in [2.75, 3.05) is 5.32 Å². The van der Waals surface area contributed by atoms with Gasteiger partial charge in [-0.1, -0.05) is 60.1 Å². The summed E-state index contributed by atoms with van der Waals surface area (Å²) in [7, 11) is 0. The number of ether oxygens (including phenoxy) is 1. The Morgan fingerprint density at radius 2 is 1.70 bits per heavy atom. The minimum Gasteiger partial charge on any atom is -0.449 e. The van der Waals surface area contributed by atoms with Crippen LogP contribution in [0.15, 0.2) is 72.9 Å². The van der Waals surface area contributed by atoms with Gasteiger partial charge in [-0.3, -0.25) is 4.79 Å². The number of hydrogen-bond donors (Lipinski definition) is 1. The lowest BCUT2D eigenvalue weighted by atomic mass is 10.0. The van der Waals surface area contributed by atoms with Crippen molar-refractivity contribution in [1.82, 2.24) is 4.98 Å². The third kappa shape index (κ3) is 4.51. The van der Waals surface area contributed by atoms with E-state index in [1.54, 1.807) is 12.1 Å². The van der Waals surface area contributed by atoms with Crippen molar-refractivity contribution < 1.29 is 14.3 Å². The number of nitrogens with one attached hydrogen (secondary N) is 1. The van der Waals surface area contributed by atoms with Gasteiger partial charge in [0.25, 0.3) is 5.91 Å². The van der Waals surface area contributed by atoms with Gasteiger partial charge < -0.3 is 10.1 Å². The van der Waals surface area contributed by atoms with Crippen molar-refractivity contribution in [3.8, 4) is 11.1 Å². The molecule has 1 atom stereocenters. The standard InChI is InChI=1S/C21H17ClN2O3/c1-14(27-21(26)17-11-7-13-23-19(17)22)20(25)24-18-12-6-5-10-16(18)15-8-3-2-4-9-15/h2-14H,1H3,(H,24,25)/t14-/m1/s1. The Bertz CT molecular complexity index is 960. The number of benzene rings is 2. The molecular formula is C21H17ClN2O3. The Balaban J connectivity index is 1.73. The van der Waals surface area contributed by atoms with E-state index in [-0.39, 0.29) is 10.7 Å². The lowest BCUT2D eigenvalue weighted by Gasteiger charge is -2.16. The van der Waals surface area contributed by atoms with Crippen molar-refractivity contribution in [2.24, 2.45) is 0 Å². The largest absolute Gasteiger partial charge is 0.449 e. The molecule has 1 aromatic heterocycles. The van der Waals surface area contributed by atoms with Gasteiger partial charge in [-0.25, -0.2) is 9.78 Å². The smallest absolute Gasteiger partial charge is 0.342 e. The lowest BCUT2D eigenvalue weighted by molar-refractivity contribution is -0.123. The first-order valence-corrected chi connectivity index (χ1v) is 8.71. The second kappa shape index (κ2) is 8.47. The number of anilines is 1. The van der Waals surface area contributed by atoms with E-state index < -0.39 is 18.0 Å². The van der Waals surface area contributed by atoms with Crippen LogP contribution < -0.4 is 5.32 Å². The van der Waals surface area contributed by atoms with Gasteiger partial charge in [0.05, 0.1) is 5.56 Å². The second-order valence-electron chi connectivity index (χ2n) is 5.79. The number of para-hydroxylation sites is 1. The van der Waals surface area contributed by atoms with Crippen molar-refractivity contribution >= 4 is 29.2 Å². The molecule has 1 N–H and O–H groups in total. The molecule has 6 heteroatoms. The third-order valence-corrected chi connectivity index (χ3v) is 4.20. The molecule has 0 spiro atoms. The maximum atomic E-state index is 12.5. The van der Waals surface area contributed by atoms with Crippen LogP contribution in [0.5, 0.6) is 0 Å². The highest BCUT2D eigenvalue weighted by molar-refractivity contribution is 6.32. The molecule has 3 aromatic rings. The van der Waals surface area contributed by atoms with E-state index in [4.69, 9.17) is 16.3 Å². The first-order valence-electron chi connectivity index (χ1n) is 8.33. The molecule has 0 saturated carbocycles. The third-order valence-electron chi connectivity index (χ3n) is 3.90. The average Bonchev–Trinajstić information content (AvgIpc) is 2.69. The Labute approximate surface area is 162 Å². The van der Waals surface area contributed by atoms with Crippen LogP contribution in [0, 0.1) is 0 Å². The number of esters is 1. The van der Waals surface area contributed by atoms with Crippen LogP contribution in [0.4, 0.5) is 5.69 Å². The van der Waals surface area contributed by atoms with Gasteiger partial charge >= 0.3 is 5.97 Å². The van der Waals surface area contributed by atoms with E-state index in [0.717, 1.165) is 11.1 Å². The summed E-state index contributed by atoms with van der Waals surface area (Å²) in [5, 5.41) is 2.85. The van der Waals surface area contributed by atoms with Crippen molar-refractivity contribution in [3.05, 3.63) is 83.6 Å². The zero-order valence-corrected chi connectivity index (χ0v) is 15.3. The zero-order valence-electron chi connectivity index (χ0n) is 14.6. The van der Waals surface area contributed by atoms with Crippen LogP contribution in [-0.2, 0) is 9.53 Å². The minimum atomic E-state index is -1.00. The molecule has 0 aliphatic rings. The summed E-state index contributed by atoms with van der Waals surface area (Å²) in [5.74, 6) is -1.14. The fourth-order valence-corrected chi connectivity index (χ4v) is 2.71. The monoisotopic (exact) mass is 380 g/mol. The predicted octanol–water partition coefficient (Wildman–Crippen LogP) is 4.59. The van der Waals surface area contributed by atoms with Gasteiger partial charge in [-0.15, -0.1) is 0 Å². The number of amides is 1. The second-order valence-corrected chi connectivity index (χ2v) is 6.15. The van der Waals surface area contributed by atoms with Gasteiger partial charge in [0, 0.05) is 17.4 Å². The van der Waals surface area contributed by atoms with E-state index in [1.165, 1.54) is 19.2 Å². The number of halogens is 1. The highest BCUT2D eigenvalue weighted by Gasteiger charge is 2.21. The maximum Gasteiger partial charge on any atom is 0.342 e. The van der Waals surface area contributed by atoms with E-state index in [0.29, 0.717) is 5.69 Å². The summed E-state index contributed by atoms with van der Waals surface area (Å²) in [6.45, 7) is 1.50. The number of aromatic nitrogens is 1. The fraction of sp³-hybridized carbons (Fsp3) is 0.0952. The average molecular weight is 381 g/mol. The van der Waals surface area contributed by atoms with Crippen LogP contribution in [0.2, 0.25) is 5.15 Å². The zero-order chi connectivity index (χ0) is 19.2. The molecule has 5 nitrogen and oxygen atoms in total. The minimum absolute atomic E-state index is 0.0320. The highest BCUT2D eigenvalue weighted by atomic mass is 35.5. The van der Waals surface area contributed by atoms with Crippen molar-refractivity contribution in [2.45, 2.75) is 13.0 Å².